The fraction of sp³-hybridized carbons (Fsp3) is 0.500. The highest BCUT2D eigenvalue weighted by molar-refractivity contribution is 14.1. The fourth-order valence-corrected chi connectivity index (χ4v) is 2.09. The minimum absolute atomic E-state index is 0.136. The van der Waals surface area contributed by atoms with E-state index in [1.165, 1.54) is 5.56 Å². The van der Waals surface area contributed by atoms with Crippen LogP contribution in [-0.4, -0.2) is 5.11 Å². The van der Waals surface area contributed by atoms with Crippen molar-refractivity contribution in [3.05, 3.63) is 26.8 Å². The number of phenolic OH excluding ortho intramolecular Hbond substituents is 1. The molecule has 0 aliphatic heterocycles. The van der Waals surface area contributed by atoms with Crippen molar-refractivity contribution < 1.29 is 5.11 Å². The van der Waals surface area contributed by atoms with Gasteiger partial charge in [0.15, 0.2) is 0 Å². The average Bonchev–Trinajstić information content (AvgIpc) is 2.21. The zero-order chi connectivity index (χ0) is 11.6. The lowest BCUT2D eigenvalue weighted by atomic mass is 9.81. The Morgan fingerprint density at radius 3 is 2.47 bits per heavy atom. The zero-order valence-electron chi connectivity index (χ0n) is 9.47. The van der Waals surface area contributed by atoms with E-state index >= 15 is 0 Å². The van der Waals surface area contributed by atoms with Gasteiger partial charge in [-0.2, -0.15) is 0 Å². The van der Waals surface area contributed by atoms with Gasteiger partial charge in [-0.1, -0.05) is 26.8 Å². The number of hydrogen-bond donors (Lipinski definition) is 2. The minimum atomic E-state index is 0.136. The molecule has 0 aliphatic carbocycles. The summed E-state index contributed by atoms with van der Waals surface area (Å²) in [6.07, 6.45) is 1.07. The molecule has 0 saturated carbocycles. The second-order valence-corrected chi connectivity index (χ2v) is 5.57. The van der Waals surface area contributed by atoms with Crippen LogP contribution in [-0.2, 0) is 12.0 Å². The van der Waals surface area contributed by atoms with Gasteiger partial charge in [-0.3, -0.25) is 0 Å². The highest BCUT2D eigenvalue weighted by Gasteiger charge is 2.20. The van der Waals surface area contributed by atoms with Crippen molar-refractivity contribution in [3.8, 4) is 5.75 Å². The molecule has 15 heavy (non-hydrogen) atoms. The molecule has 0 amide bonds. The number of rotatable bonds is 3. The molecule has 0 radical (unpaired) electrons. The second-order valence-electron chi connectivity index (χ2n) is 4.41. The molecule has 0 bridgehead atoms. The molecule has 3 heteroatoms. The van der Waals surface area contributed by atoms with Crippen molar-refractivity contribution in [1.29, 1.82) is 0 Å². The molecule has 0 saturated heterocycles. The first-order valence-corrected chi connectivity index (χ1v) is 6.22. The maximum Gasteiger partial charge on any atom is 0.133 e. The van der Waals surface area contributed by atoms with Crippen LogP contribution >= 0.6 is 22.6 Å². The van der Waals surface area contributed by atoms with Gasteiger partial charge < -0.3 is 10.8 Å². The third-order valence-electron chi connectivity index (χ3n) is 3.03. The number of aromatic hydroxyl groups is 1. The third-order valence-corrected chi connectivity index (χ3v) is 3.85. The largest absolute Gasteiger partial charge is 0.507 e. The van der Waals surface area contributed by atoms with Crippen molar-refractivity contribution in [2.75, 3.05) is 0 Å². The highest BCUT2D eigenvalue weighted by atomic mass is 127. The Kier molecular flexibility index (Phi) is 4.00. The number of hydrogen-bond acceptors (Lipinski definition) is 2. The van der Waals surface area contributed by atoms with E-state index in [1.807, 2.05) is 12.1 Å². The zero-order valence-corrected chi connectivity index (χ0v) is 11.6. The Morgan fingerprint density at radius 1 is 1.40 bits per heavy atom. The van der Waals surface area contributed by atoms with Gasteiger partial charge in [0.1, 0.15) is 5.75 Å². The van der Waals surface area contributed by atoms with Gasteiger partial charge in [0.25, 0.3) is 0 Å². The van der Waals surface area contributed by atoms with E-state index in [1.54, 1.807) is 0 Å². The summed E-state index contributed by atoms with van der Waals surface area (Å²) in [6.45, 7) is 6.96. The Bertz CT molecular complexity index is 361. The SMILES string of the molecule is CCC(C)(C)c1cc(I)c(O)c(CN)c1. The van der Waals surface area contributed by atoms with Crippen LogP contribution in [0.1, 0.15) is 38.3 Å². The summed E-state index contributed by atoms with van der Waals surface area (Å²) in [5.41, 5.74) is 7.82. The van der Waals surface area contributed by atoms with E-state index in [4.69, 9.17) is 5.73 Å². The number of halogens is 1. The average molecular weight is 319 g/mol. The van der Waals surface area contributed by atoms with Crippen molar-refractivity contribution in [2.45, 2.75) is 39.2 Å². The van der Waals surface area contributed by atoms with Crippen LogP contribution in [0, 0.1) is 3.57 Å². The standard InChI is InChI=1S/C12H18INO/c1-4-12(2,3)9-5-8(7-14)11(15)10(13)6-9/h5-6,15H,4,7,14H2,1-3H3. The molecule has 3 N–H and O–H groups in total. The van der Waals surface area contributed by atoms with Gasteiger partial charge in [0, 0.05) is 12.1 Å². The molecular weight excluding hydrogens is 301 g/mol. The molecular formula is C12H18INO. The van der Waals surface area contributed by atoms with Crippen molar-refractivity contribution in [2.24, 2.45) is 5.73 Å². The maximum atomic E-state index is 9.77. The van der Waals surface area contributed by atoms with Crippen LogP contribution in [0.5, 0.6) is 5.75 Å². The third kappa shape index (κ3) is 2.64. The molecule has 0 unspecified atom stereocenters. The minimum Gasteiger partial charge on any atom is -0.507 e. The summed E-state index contributed by atoms with van der Waals surface area (Å²) in [6, 6.07) is 4.06. The molecule has 0 aliphatic rings. The first kappa shape index (κ1) is 12.8. The monoisotopic (exact) mass is 319 g/mol. The van der Waals surface area contributed by atoms with E-state index in [0.29, 0.717) is 12.3 Å². The van der Waals surface area contributed by atoms with Crippen LogP contribution in [0.3, 0.4) is 0 Å². The summed E-state index contributed by atoms with van der Waals surface area (Å²) in [4.78, 5) is 0. The second kappa shape index (κ2) is 4.70. The van der Waals surface area contributed by atoms with Gasteiger partial charge in [0.05, 0.1) is 3.57 Å². The number of benzene rings is 1. The van der Waals surface area contributed by atoms with E-state index in [2.05, 4.69) is 43.4 Å². The first-order valence-electron chi connectivity index (χ1n) is 5.14. The molecule has 1 aromatic rings. The van der Waals surface area contributed by atoms with Gasteiger partial charge in [-0.05, 0) is 46.1 Å². The summed E-state index contributed by atoms with van der Waals surface area (Å²) >= 11 is 2.15. The predicted molar refractivity (Wildman–Crippen MR) is 72.0 cm³/mol. The fourth-order valence-electron chi connectivity index (χ4n) is 1.41. The number of nitrogens with two attached hydrogens (primary N) is 1. The first-order chi connectivity index (χ1) is 6.92. The molecule has 0 heterocycles. The summed E-state index contributed by atoms with van der Waals surface area (Å²) < 4.78 is 0.882. The van der Waals surface area contributed by atoms with Gasteiger partial charge in [-0.25, -0.2) is 0 Å². The maximum absolute atomic E-state index is 9.77. The van der Waals surface area contributed by atoms with Crippen molar-refractivity contribution >= 4 is 22.6 Å². The van der Waals surface area contributed by atoms with Crippen molar-refractivity contribution in [1.82, 2.24) is 0 Å². The summed E-state index contributed by atoms with van der Waals surface area (Å²) in [5, 5.41) is 9.77. The summed E-state index contributed by atoms with van der Waals surface area (Å²) in [7, 11) is 0. The molecule has 0 fully saturated rings. The van der Waals surface area contributed by atoms with Gasteiger partial charge in [-0.15, -0.1) is 0 Å². The van der Waals surface area contributed by atoms with Crippen LogP contribution < -0.4 is 5.73 Å². The van der Waals surface area contributed by atoms with Crippen LogP contribution in [0.4, 0.5) is 0 Å². The van der Waals surface area contributed by atoms with Gasteiger partial charge in [0.2, 0.25) is 0 Å². The lowest BCUT2D eigenvalue weighted by molar-refractivity contribution is 0.460. The Hall–Kier alpha value is -0.290. The molecule has 0 aromatic heterocycles. The predicted octanol–water partition coefficient (Wildman–Crippen LogP) is 3.14. The Balaban J connectivity index is 3.28. The highest BCUT2D eigenvalue weighted by Crippen LogP contribution is 2.33. The molecule has 2 nitrogen and oxygen atoms in total. The Labute approximate surface area is 105 Å². The quantitative estimate of drug-likeness (QED) is 0.841. The van der Waals surface area contributed by atoms with E-state index in [-0.39, 0.29) is 5.41 Å². The lowest BCUT2D eigenvalue weighted by Gasteiger charge is -2.24. The van der Waals surface area contributed by atoms with Crippen LogP contribution in [0.15, 0.2) is 12.1 Å². The number of phenols is 1. The molecule has 0 spiro atoms. The lowest BCUT2D eigenvalue weighted by Crippen LogP contribution is -2.16. The molecule has 84 valence electrons. The topological polar surface area (TPSA) is 46.2 Å². The van der Waals surface area contributed by atoms with Crippen molar-refractivity contribution in [3.63, 3.8) is 0 Å². The van der Waals surface area contributed by atoms with E-state index in [0.717, 1.165) is 15.6 Å². The molecule has 1 aromatic carbocycles. The van der Waals surface area contributed by atoms with Crippen LogP contribution in [0.2, 0.25) is 0 Å². The molecule has 1 rings (SSSR count). The smallest absolute Gasteiger partial charge is 0.133 e. The van der Waals surface area contributed by atoms with E-state index in [9.17, 15) is 5.11 Å². The van der Waals surface area contributed by atoms with E-state index < -0.39 is 0 Å². The van der Waals surface area contributed by atoms with Crippen LogP contribution in [0.25, 0.3) is 0 Å². The van der Waals surface area contributed by atoms with Gasteiger partial charge >= 0.3 is 0 Å². The molecule has 0 atom stereocenters. The normalized spacial score (nSPS) is 11.8. The Morgan fingerprint density at radius 2 is 2.00 bits per heavy atom. The summed E-state index contributed by atoms with van der Waals surface area (Å²) in [5.74, 6) is 0.328.